The monoisotopic (exact) mass is 363 g/mol. The Morgan fingerprint density at radius 2 is 1.63 bits per heavy atom. The second-order valence-corrected chi connectivity index (χ2v) is 6.06. The lowest BCUT2D eigenvalue weighted by atomic mass is 10.0. The van der Waals surface area contributed by atoms with Crippen LogP contribution in [0.25, 0.3) is 11.1 Å². The number of carbonyl (C=O) groups is 1. The van der Waals surface area contributed by atoms with Crippen LogP contribution in [0, 0.1) is 0 Å². The van der Waals surface area contributed by atoms with E-state index in [1.165, 1.54) is 7.11 Å². The number of benzene rings is 2. The Morgan fingerprint density at radius 1 is 0.963 bits per heavy atom. The van der Waals surface area contributed by atoms with Crippen molar-refractivity contribution in [3.05, 3.63) is 66.0 Å². The second kappa shape index (κ2) is 8.27. The molecule has 0 radical (unpaired) electrons. The van der Waals surface area contributed by atoms with Gasteiger partial charge in [0.05, 0.1) is 13.7 Å². The maximum absolute atomic E-state index is 12.4. The van der Waals surface area contributed by atoms with Gasteiger partial charge in [0.15, 0.2) is 5.82 Å². The van der Waals surface area contributed by atoms with Gasteiger partial charge in [-0.25, -0.2) is 0 Å². The maximum Gasteiger partial charge on any atom is 0.321 e. The van der Waals surface area contributed by atoms with Gasteiger partial charge in [0.1, 0.15) is 0 Å². The van der Waals surface area contributed by atoms with E-state index in [1.54, 1.807) is 17.0 Å². The average molecular weight is 363 g/mol. The first-order chi connectivity index (χ1) is 13.1. The molecule has 1 amide bonds. The molecule has 0 aliphatic carbocycles. The summed E-state index contributed by atoms with van der Waals surface area (Å²) in [4.78, 5) is 26.8. The quantitative estimate of drug-likeness (QED) is 0.725. The molecule has 0 aliphatic rings. The standard InChI is InChI=1S/C20H21N5O2/c1-25(2)19-22-17(23-20(24-19)27-3)13-21-18(26)16-11-9-15(10-12-16)14-7-5-4-6-8-14/h4-12H,13H2,1-3H3,(H,21,26). The van der Waals surface area contributed by atoms with Gasteiger partial charge in [0.25, 0.3) is 5.91 Å². The lowest BCUT2D eigenvalue weighted by Gasteiger charge is -2.12. The van der Waals surface area contributed by atoms with Crippen molar-refractivity contribution in [3.63, 3.8) is 0 Å². The molecular formula is C20H21N5O2. The van der Waals surface area contributed by atoms with Crippen molar-refractivity contribution in [2.45, 2.75) is 6.54 Å². The maximum atomic E-state index is 12.4. The number of methoxy groups -OCH3 is 1. The summed E-state index contributed by atoms with van der Waals surface area (Å²) in [7, 11) is 5.14. The number of hydrogen-bond donors (Lipinski definition) is 1. The molecule has 138 valence electrons. The number of hydrogen-bond acceptors (Lipinski definition) is 6. The van der Waals surface area contributed by atoms with Gasteiger partial charge in [0, 0.05) is 19.7 Å². The number of carbonyl (C=O) groups excluding carboxylic acids is 1. The van der Waals surface area contributed by atoms with Crippen LogP contribution < -0.4 is 15.0 Å². The Bertz CT molecular complexity index is 911. The summed E-state index contributed by atoms with van der Waals surface area (Å²) in [5, 5.41) is 2.83. The minimum atomic E-state index is -0.194. The fraction of sp³-hybridized carbons (Fsp3) is 0.200. The largest absolute Gasteiger partial charge is 0.467 e. The number of ether oxygens (including phenoxy) is 1. The molecule has 0 bridgehead atoms. The van der Waals surface area contributed by atoms with Crippen LogP contribution in [0.3, 0.4) is 0 Å². The zero-order valence-corrected chi connectivity index (χ0v) is 15.5. The summed E-state index contributed by atoms with van der Waals surface area (Å²) in [5.74, 6) is 0.707. The van der Waals surface area contributed by atoms with Crippen molar-refractivity contribution >= 4 is 11.9 Å². The molecule has 0 aliphatic heterocycles. The number of nitrogens with one attached hydrogen (secondary N) is 1. The molecule has 0 fully saturated rings. The van der Waals surface area contributed by atoms with Gasteiger partial charge in [-0.3, -0.25) is 4.79 Å². The van der Waals surface area contributed by atoms with E-state index in [1.807, 2.05) is 56.6 Å². The van der Waals surface area contributed by atoms with E-state index in [0.717, 1.165) is 11.1 Å². The number of nitrogens with zero attached hydrogens (tertiary/aromatic N) is 4. The van der Waals surface area contributed by atoms with Gasteiger partial charge < -0.3 is 15.0 Å². The highest BCUT2D eigenvalue weighted by atomic mass is 16.5. The smallest absolute Gasteiger partial charge is 0.321 e. The topological polar surface area (TPSA) is 80.2 Å². The third-order valence-electron chi connectivity index (χ3n) is 3.89. The number of rotatable bonds is 6. The predicted octanol–water partition coefficient (Wildman–Crippen LogP) is 2.54. The minimum absolute atomic E-state index is 0.180. The van der Waals surface area contributed by atoms with Gasteiger partial charge in [0.2, 0.25) is 5.95 Å². The van der Waals surface area contributed by atoms with Gasteiger partial charge in [-0.2, -0.15) is 15.0 Å². The van der Waals surface area contributed by atoms with E-state index in [9.17, 15) is 4.79 Å². The molecule has 0 spiro atoms. The van der Waals surface area contributed by atoms with Crippen LogP contribution in [0.1, 0.15) is 16.2 Å². The van der Waals surface area contributed by atoms with E-state index in [-0.39, 0.29) is 18.5 Å². The zero-order chi connectivity index (χ0) is 19.2. The fourth-order valence-electron chi connectivity index (χ4n) is 2.46. The highest BCUT2D eigenvalue weighted by molar-refractivity contribution is 5.94. The van der Waals surface area contributed by atoms with E-state index >= 15 is 0 Å². The molecule has 0 saturated carbocycles. The summed E-state index contributed by atoms with van der Waals surface area (Å²) in [6.07, 6.45) is 0. The summed E-state index contributed by atoms with van der Waals surface area (Å²) < 4.78 is 5.09. The molecule has 7 nitrogen and oxygen atoms in total. The SMILES string of the molecule is COc1nc(CNC(=O)c2ccc(-c3ccccc3)cc2)nc(N(C)C)n1. The van der Waals surface area contributed by atoms with Crippen LogP contribution in [-0.2, 0) is 6.54 Å². The van der Waals surface area contributed by atoms with Crippen LogP contribution in [0.4, 0.5) is 5.95 Å². The van der Waals surface area contributed by atoms with Crippen molar-refractivity contribution in [1.82, 2.24) is 20.3 Å². The second-order valence-electron chi connectivity index (χ2n) is 6.06. The van der Waals surface area contributed by atoms with Crippen molar-refractivity contribution in [2.24, 2.45) is 0 Å². The first-order valence-electron chi connectivity index (χ1n) is 8.47. The summed E-state index contributed by atoms with van der Waals surface area (Å²) in [6.45, 7) is 0.180. The Balaban J connectivity index is 1.68. The number of amides is 1. The van der Waals surface area contributed by atoms with E-state index in [4.69, 9.17) is 4.74 Å². The first kappa shape index (κ1) is 18.3. The van der Waals surface area contributed by atoms with Crippen molar-refractivity contribution in [3.8, 4) is 17.1 Å². The van der Waals surface area contributed by atoms with Gasteiger partial charge in [-0.05, 0) is 23.3 Å². The third-order valence-corrected chi connectivity index (χ3v) is 3.89. The van der Waals surface area contributed by atoms with Crippen LogP contribution in [0.2, 0.25) is 0 Å². The van der Waals surface area contributed by atoms with Crippen molar-refractivity contribution < 1.29 is 9.53 Å². The fourth-order valence-corrected chi connectivity index (χ4v) is 2.46. The van der Waals surface area contributed by atoms with E-state index < -0.39 is 0 Å². The van der Waals surface area contributed by atoms with E-state index in [0.29, 0.717) is 17.3 Å². The van der Waals surface area contributed by atoms with Crippen LogP contribution >= 0.6 is 0 Å². The summed E-state index contributed by atoms with van der Waals surface area (Å²) in [5.41, 5.74) is 2.74. The molecule has 0 unspecified atom stereocenters. The molecule has 7 heteroatoms. The molecule has 27 heavy (non-hydrogen) atoms. The lowest BCUT2D eigenvalue weighted by molar-refractivity contribution is 0.0949. The molecule has 3 rings (SSSR count). The molecule has 1 heterocycles. The van der Waals surface area contributed by atoms with Crippen LogP contribution in [-0.4, -0.2) is 42.1 Å². The first-order valence-corrected chi connectivity index (χ1v) is 8.47. The lowest BCUT2D eigenvalue weighted by Crippen LogP contribution is -2.25. The molecule has 0 saturated heterocycles. The van der Waals surface area contributed by atoms with Crippen molar-refractivity contribution in [2.75, 3.05) is 26.1 Å². The van der Waals surface area contributed by atoms with E-state index in [2.05, 4.69) is 20.3 Å². The van der Waals surface area contributed by atoms with Crippen LogP contribution in [0.15, 0.2) is 54.6 Å². The average Bonchev–Trinajstić information content (AvgIpc) is 2.72. The Morgan fingerprint density at radius 3 is 2.26 bits per heavy atom. The highest BCUT2D eigenvalue weighted by Crippen LogP contribution is 2.19. The summed E-state index contributed by atoms with van der Waals surface area (Å²) in [6, 6.07) is 17.7. The minimum Gasteiger partial charge on any atom is -0.467 e. The molecule has 0 atom stereocenters. The van der Waals surface area contributed by atoms with Gasteiger partial charge >= 0.3 is 6.01 Å². The number of aromatic nitrogens is 3. The molecule has 2 aromatic carbocycles. The van der Waals surface area contributed by atoms with Crippen LogP contribution in [0.5, 0.6) is 6.01 Å². The zero-order valence-electron chi connectivity index (χ0n) is 15.5. The number of anilines is 1. The van der Waals surface area contributed by atoms with Gasteiger partial charge in [-0.15, -0.1) is 0 Å². The third kappa shape index (κ3) is 4.58. The molecule has 3 aromatic rings. The normalized spacial score (nSPS) is 10.3. The Hall–Kier alpha value is -3.48. The Kier molecular flexibility index (Phi) is 5.61. The predicted molar refractivity (Wildman–Crippen MR) is 104 cm³/mol. The molecule has 1 aromatic heterocycles. The Labute approximate surface area is 158 Å². The summed E-state index contributed by atoms with van der Waals surface area (Å²) >= 11 is 0. The molecular weight excluding hydrogens is 342 g/mol. The van der Waals surface area contributed by atoms with Gasteiger partial charge in [-0.1, -0.05) is 42.5 Å². The highest BCUT2D eigenvalue weighted by Gasteiger charge is 2.11. The van der Waals surface area contributed by atoms with Crippen molar-refractivity contribution in [1.29, 1.82) is 0 Å². The molecule has 1 N–H and O–H groups in total.